The van der Waals surface area contributed by atoms with Crippen LogP contribution in [0.2, 0.25) is 0 Å². The zero-order chi connectivity index (χ0) is 12.4. The minimum absolute atomic E-state index is 0.141. The number of hydrogen-bond donors (Lipinski definition) is 0. The van der Waals surface area contributed by atoms with E-state index in [9.17, 15) is 4.79 Å². The van der Waals surface area contributed by atoms with Crippen LogP contribution in [-0.2, 0) is 9.47 Å². The lowest BCUT2D eigenvalue weighted by atomic mass is 9.91. The van der Waals surface area contributed by atoms with Crippen molar-refractivity contribution in [2.45, 2.75) is 38.4 Å². The lowest BCUT2D eigenvalue weighted by molar-refractivity contribution is -0.121. The zero-order valence-corrected chi connectivity index (χ0v) is 12.5. The molecular weight excluding hydrogens is 321 g/mol. The fourth-order valence-corrected chi connectivity index (χ4v) is 2.65. The van der Waals surface area contributed by atoms with Gasteiger partial charge in [-0.2, -0.15) is 0 Å². The summed E-state index contributed by atoms with van der Waals surface area (Å²) in [7, 11) is 1.71. The zero-order valence-electron chi connectivity index (χ0n) is 10.4. The highest BCUT2D eigenvalue weighted by Crippen LogP contribution is 2.30. The van der Waals surface area contributed by atoms with Gasteiger partial charge in [0.2, 0.25) is 0 Å². The van der Waals surface area contributed by atoms with Gasteiger partial charge in [0, 0.05) is 11.5 Å². The smallest absolute Gasteiger partial charge is 0.410 e. The summed E-state index contributed by atoms with van der Waals surface area (Å²) in [5.41, 5.74) is -0.566. The third kappa shape index (κ3) is 3.48. The minimum atomic E-state index is -0.425. The molecule has 0 spiro atoms. The van der Waals surface area contributed by atoms with Gasteiger partial charge in [-0.05, 0) is 27.2 Å². The summed E-state index contributed by atoms with van der Waals surface area (Å²) in [5.74, 6) is 0. The van der Waals surface area contributed by atoms with Crippen molar-refractivity contribution in [1.82, 2.24) is 4.90 Å². The van der Waals surface area contributed by atoms with Crippen LogP contribution in [-0.4, -0.2) is 46.8 Å². The van der Waals surface area contributed by atoms with Crippen molar-refractivity contribution >= 4 is 28.7 Å². The molecule has 1 amide bonds. The van der Waals surface area contributed by atoms with Gasteiger partial charge in [-0.25, -0.2) is 4.79 Å². The van der Waals surface area contributed by atoms with Crippen molar-refractivity contribution in [1.29, 1.82) is 0 Å². The van der Waals surface area contributed by atoms with Gasteiger partial charge >= 0.3 is 6.09 Å². The average molecular weight is 341 g/mol. The lowest BCUT2D eigenvalue weighted by Gasteiger charge is -2.48. The van der Waals surface area contributed by atoms with Crippen molar-refractivity contribution in [3.05, 3.63) is 0 Å². The summed E-state index contributed by atoms with van der Waals surface area (Å²) in [6, 6.07) is 0. The number of likely N-dealkylation sites (tertiary alicyclic amines) is 1. The number of carbonyl (C=O) groups is 1. The topological polar surface area (TPSA) is 38.8 Å². The van der Waals surface area contributed by atoms with E-state index in [1.54, 1.807) is 12.0 Å². The SMILES string of the molecule is COC1(CCI)CN(C(=O)OC(C)(C)C)C1. The monoisotopic (exact) mass is 341 g/mol. The number of alkyl halides is 1. The summed E-state index contributed by atoms with van der Waals surface area (Å²) in [4.78, 5) is 13.4. The Morgan fingerprint density at radius 2 is 2.00 bits per heavy atom. The van der Waals surface area contributed by atoms with E-state index in [2.05, 4.69) is 22.6 Å². The Balaban J connectivity index is 2.42. The van der Waals surface area contributed by atoms with Crippen LogP contribution in [0.15, 0.2) is 0 Å². The molecular formula is C11H20INO3. The average Bonchev–Trinajstić information content (AvgIpc) is 2.07. The Morgan fingerprint density at radius 3 is 2.38 bits per heavy atom. The molecule has 16 heavy (non-hydrogen) atoms. The maximum atomic E-state index is 11.7. The van der Waals surface area contributed by atoms with Crippen molar-refractivity contribution in [3.63, 3.8) is 0 Å². The number of halogens is 1. The molecule has 0 N–H and O–H groups in total. The summed E-state index contributed by atoms with van der Waals surface area (Å²) in [5, 5.41) is 0. The molecule has 0 aromatic rings. The van der Waals surface area contributed by atoms with E-state index < -0.39 is 5.60 Å². The molecule has 0 aliphatic carbocycles. The van der Waals surface area contributed by atoms with Crippen LogP contribution < -0.4 is 0 Å². The molecule has 94 valence electrons. The van der Waals surface area contributed by atoms with Gasteiger partial charge in [-0.15, -0.1) is 0 Å². The van der Waals surface area contributed by atoms with Crippen LogP contribution in [0.3, 0.4) is 0 Å². The first kappa shape index (κ1) is 14.0. The van der Waals surface area contributed by atoms with E-state index in [1.807, 2.05) is 20.8 Å². The summed E-state index contributed by atoms with van der Waals surface area (Å²) < 4.78 is 11.8. The third-order valence-electron chi connectivity index (χ3n) is 2.59. The Morgan fingerprint density at radius 1 is 1.44 bits per heavy atom. The first-order valence-electron chi connectivity index (χ1n) is 5.41. The molecule has 0 saturated carbocycles. The number of nitrogens with zero attached hydrogens (tertiary/aromatic N) is 1. The van der Waals surface area contributed by atoms with E-state index in [-0.39, 0.29) is 11.7 Å². The largest absolute Gasteiger partial charge is 0.444 e. The molecule has 1 rings (SSSR count). The quantitative estimate of drug-likeness (QED) is 0.585. The Hall–Kier alpha value is -0.0400. The number of carbonyl (C=O) groups excluding carboxylic acids is 1. The van der Waals surface area contributed by atoms with Gasteiger partial charge in [0.1, 0.15) is 11.2 Å². The van der Waals surface area contributed by atoms with Crippen LogP contribution in [0, 0.1) is 0 Å². The molecule has 0 unspecified atom stereocenters. The van der Waals surface area contributed by atoms with E-state index in [1.165, 1.54) is 0 Å². The van der Waals surface area contributed by atoms with Crippen LogP contribution in [0.4, 0.5) is 4.79 Å². The Bertz CT molecular complexity index is 256. The highest BCUT2D eigenvalue weighted by molar-refractivity contribution is 14.1. The molecule has 5 heteroatoms. The predicted octanol–water partition coefficient (Wildman–Crippen LogP) is 2.45. The van der Waals surface area contributed by atoms with Gasteiger partial charge in [0.15, 0.2) is 0 Å². The van der Waals surface area contributed by atoms with E-state index >= 15 is 0 Å². The first-order chi connectivity index (χ1) is 7.32. The van der Waals surface area contributed by atoms with Crippen LogP contribution >= 0.6 is 22.6 Å². The van der Waals surface area contributed by atoms with Gasteiger partial charge in [0.25, 0.3) is 0 Å². The molecule has 1 aliphatic rings. The van der Waals surface area contributed by atoms with E-state index in [0.29, 0.717) is 13.1 Å². The van der Waals surface area contributed by atoms with Gasteiger partial charge in [0.05, 0.1) is 13.1 Å². The molecule has 0 atom stereocenters. The Kier molecular flexibility index (Phi) is 4.45. The molecule has 4 nitrogen and oxygen atoms in total. The first-order valence-corrected chi connectivity index (χ1v) is 6.93. The fourth-order valence-electron chi connectivity index (χ4n) is 1.67. The van der Waals surface area contributed by atoms with Crippen molar-refractivity contribution < 1.29 is 14.3 Å². The van der Waals surface area contributed by atoms with Crippen LogP contribution in [0.5, 0.6) is 0 Å². The molecule has 1 heterocycles. The van der Waals surface area contributed by atoms with E-state index in [0.717, 1.165) is 10.8 Å². The summed E-state index contributed by atoms with van der Waals surface area (Å²) in [6.07, 6.45) is 0.734. The minimum Gasteiger partial charge on any atom is -0.444 e. The number of ether oxygens (including phenoxy) is 2. The molecule has 0 aromatic heterocycles. The fraction of sp³-hybridized carbons (Fsp3) is 0.909. The normalized spacial score (nSPS) is 19.2. The van der Waals surface area contributed by atoms with Crippen molar-refractivity contribution in [3.8, 4) is 0 Å². The van der Waals surface area contributed by atoms with Crippen LogP contribution in [0.25, 0.3) is 0 Å². The summed E-state index contributed by atoms with van der Waals surface area (Å²) in [6.45, 7) is 6.90. The van der Waals surface area contributed by atoms with Crippen molar-refractivity contribution in [2.24, 2.45) is 0 Å². The molecule has 1 fully saturated rings. The number of amides is 1. The highest BCUT2D eigenvalue weighted by atomic mass is 127. The van der Waals surface area contributed by atoms with Gasteiger partial charge in [-0.1, -0.05) is 22.6 Å². The maximum Gasteiger partial charge on any atom is 0.410 e. The van der Waals surface area contributed by atoms with Crippen LogP contribution in [0.1, 0.15) is 27.2 Å². The number of hydrogen-bond acceptors (Lipinski definition) is 3. The van der Waals surface area contributed by atoms with Crippen molar-refractivity contribution in [2.75, 3.05) is 24.6 Å². The highest BCUT2D eigenvalue weighted by Gasteiger charge is 2.46. The molecule has 0 bridgehead atoms. The van der Waals surface area contributed by atoms with Gasteiger partial charge < -0.3 is 14.4 Å². The second kappa shape index (κ2) is 5.08. The standard InChI is InChI=1S/C11H20INO3/c1-10(2,3)16-9(14)13-7-11(8-13,15-4)5-6-12/h5-8H2,1-4H3. The predicted molar refractivity (Wildman–Crippen MR) is 71.1 cm³/mol. The maximum absolute atomic E-state index is 11.7. The second-order valence-electron chi connectivity index (χ2n) is 5.16. The lowest BCUT2D eigenvalue weighted by Crippen LogP contribution is -2.65. The third-order valence-corrected chi connectivity index (χ3v) is 3.13. The Labute approximate surface area is 111 Å². The molecule has 0 aromatic carbocycles. The second-order valence-corrected chi connectivity index (χ2v) is 6.24. The van der Waals surface area contributed by atoms with Gasteiger partial charge in [-0.3, -0.25) is 0 Å². The summed E-state index contributed by atoms with van der Waals surface area (Å²) >= 11 is 2.33. The molecule has 1 aliphatic heterocycles. The molecule has 0 radical (unpaired) electrons. The number of rotatable bonds is 3. The van der Waals surface area contributed by atoms with E-state index in [4.69, 9.17) is 9.47 Å². The molecule has 1 saturated heterocycles. The number of methoxy groups -OCH3 is 1.